The lowest BCUT2D eigenvalue weighted by molar-refractivity contribution is -0.384. The molecule has 0 aromatic heterocycles. The fraction of sp³-hybridized carbons (Fsp3) is 0.316. The van der Waals surface area contributed by atoms with Crippen molar-refractivity contribution in [2.75, 3.05) is 26.6 Å². The Morgan fingerprint density at radius 1 is 1.21 bits per heavy atom. The summed E-state index contributed by atoms with van der Waals surface area (Å²) in [6, 6.07) is 8.77. The lowest BCUT2D eigenvalue weighted by atomic mass is 10.1. The zero-order valence-corrected chi connectivity index (χ0v) is 16.8. The van der Waals surface area contributed by atoms with Gasteiger partial charge in [-0.25, -0.2) is 0 Å². The van der Waals surface area contributed by atoms with Gasteiger partial charge in [0.1, 0.15) is 11.5 Å². The third kappa shape index (κ3) is 5.11. The number of hydrogen-bond donors (Lipinski definition) is 1. The lowest BCUT2D eigenvalue weighted by Crippen LogP contribution is -2.39. The minimum absolute atomic E-state index is 0.138. The van der Waals surface area contributed by atoms with Gasteiger partial charge in [-0.2, -0.15) is 0 Å². The minimum Gasteiger partial charge on any atom is -0.496 e. The SMILES string of the molecule is COc1ccc(Cl)cc1CN(C)[C@@H](C)C(=O)Nc1cc([N+](=O)[O-])ccc1OC. The number of halogens is 1. The van der Waals surface area contributed by atoms with Gasteiger partial charge in [-0.15, -0.1) is 0 Å². The van der Waals surface area contributed by atoms with Crippen molar-refractivity contribution < 1.29 is 19.2 Å². The number of benzene rings is 2. The number of nitrogens with one attached hydrogen (secondary N) is 1. The maximum absolute atomic E-state index is 12.7. The van der Waals surface area contributed by atoms with E-state index in [0.29, 0.717) is 23.1 Å². The van der Waals surface area contributed by atoms with Crippen molar-refractivity contribution in [1.29, 1.82) is 0 Å². The molecule has 0 saturated heterocycles. The number of methoxy groups -OCH3 is 2. The maximum atomic E-state index is 12.7. The number of ether oxygens (including phenoxy) is 2. The van der Waals surface area contributed by atoms with Crippen LogP contribution in [0.3, 0.4) is 0 Å². The van der Waals surface area contributed by atoms with Crippen LogP contribution in [0.2, 0.25) is 5.02 Å². The third-order valence-electron chi connectivity index (χ3n) is 4.35. The zero-order chi connectivity index (χ0) is 20.8. The van der Waals surface area contributed by atoms with Crippen LogP contribution >= 0.6 is 11.6 Å². The van der Waals surface area contributed by atoms with Crippen LogP contribution in [0.15, 0.2) is 36.4 Å². The van der Waals surface area contributed by atoms with Crippen LogP contribution < -0.4 is 14.8 Å². The molecule has 0 fully saturated rings. The Hall–Kier alpha value is -2.84. The molecule has 0 spiro atoms. The summed E-state index contributed by atoms with van der Waals surface area (Å²) in [6.07, 6.45) is 0. The summed E-state index contributed by atoms with van der Waals surface area (Å²) in [7, 11) is 4.78. The molecule has 28 heavy (non-hydrogen) atoms. The van der Waals surface area contributed by atoms with Crippen LogP contribution in [-0.4, -0.2) is 43.0 Å². The van der Waals surface area contributed by atoms with E-state index in [0.717, 1.165) is 5.56 Å². The number of carbonyl (C=O) groups excluding carboxylic acids is 1. The lowest BCUT2D eigenvalue weighted by Gasteiger charge is -2.25. The molecule has 1 N–H and O–H groups in total. The summed E-state index contributed by atoms with van der Waals surface area (Å²) in [4.78, 5) is 25.0. The quantitative estimate of drug-likeness (QED) is 0.529. The Morgan fingerprint density at radius 3 is 2.46 bits per heavy atom. The fourth-order valence-corrected chi connectivity index (χ4v) is 2.82. The highest BCUT2D eigenvalue weighted by molar-refractivity contribution is 6.30. The molecule has 0 aliphatic rings. The Bertz CT molecular complexity index is 875. The summed E-state index contributed by atoms with van der Waals surface area (Å²) in [6.45, 7) is 2.15. The van der Waals surface area contributed by atoms with E-state index in [1.807, 2.05) is 4.90 Å². The second-order valence-corrected chi connectivity index (χ2v) is 6.61. The molecular formula is C19H22ClN3O5. The fourth-order valence-electron chi connectivity index (χ4n) is 2.62. The third-order valence-corrected chi connectivity index (χ3v) is 4.59. The smallest absolute Gasteiger partial charge is 0.271 e. The van der Waals surface area contributed by atoms with E-state index in [1.165, 1.54) is 25.3 Å². The van der Waals surface area contributed by atoms with Crippen LogP contribution in [0.4, 0.5) is 11.4 Å². The molecule has 2 aromatic rings. The van der Waals surface area contributed by atoms with E-state index in [1.54, 1.807) is 39.3 Å². The second kappa shape index (κ2) is 9.38. The molecule has 0 bridgehead atoms. The molecule has 0 saturated carbocycles. The average Bonchev–Trinajstić information content (AvgIpc) is 2.67. The number of nitro benzene ring substituents is 1. The van der Waals surface area contributed by atoms with Crippen molar-refractivity contribution in [1.82, 2.24) is 4.90 Å². The van der Waals surface area contributed by atoms with Gasteiger partial charge in [0.2, 0.25) is 5.91 Å². The van der Waals surface area contributed by atoms with E-state index in [9.17, 15) is 14.9 Å². The molecular weight excluding hydrogens is 386 g/mol. The number of anilines is 1. The summed E-state index contributed by atoms with van der Waals surface area (Å²) in [5.41, 5.74) is 0.938. The normalized spacial score (nSPS) is 11.8. The highest BCUT2D eigenvalue weighted by atomic mass is 35.5. The monoisotopic (exact) mass is 407 g/mol. The Morgan fingerprint density at radius 2 is 1.86 bits per heavy atom. The van der Waals surface area contributed by atoms with E-state index < -0.39 is 11.0 Å². The summed E-state index contributed by atoms with van der Waals surface area (Å²) in [5.74, 6) is 0.678. The number of amides is 1. The van der Waals surface area contributed by atoms with Crippen molar-refractivity contribution in [3.63, 3.8) is 0 Å². The van der Waals surface area contributed by atoms with Crippen LogP contribution in [0.25, 0.3) is 0 Å². The van der Waals surface area contributed by atoms with E-state index in [2.05, 4.69) is 5.32 Å². The standard InChI is InChI=1S/C19H22ClN3O5/c1-12(22(2)11-13-9-14(20)5-7-17(13)27-3)19(24)21-16-10-15(23(25)26)6-8-18(16)28-4/h5-10,12H,11H2,1-4H3,(H,21,24)/t12-/m0/s1. The number of likely N-dealkylation sites (N-methyl/N-ethyl adjacent to an activating group) is 1. The molecule has 150 valence electrons. The number of carbonyl (C=O) groups is 1. The van der Waals surface area contributed by atoms with Gasteiger partial charge >= 0.3 is 0 Å². The van der Waals surface area contributed by atoms with Gasteiger partial charge in [0.25, 0.3) is 5.69 Å². The largest absolute Gasteiger partial charge is 0.496 e. The molecule has 1 atom stereocenters. The zero-order valence-electron chi connectivity index (χ0n) is 16.1. The van der Waals surface area contributed by atoms with Crippen molar-refractivity contribution in [2.45, 2.75) is 19.5 Å². The number of rotatable bonds is 8. The summed E-state index contributed by atoms with van der Waals surface area (Å²) < 4.78 is 10.5. The van der Waals surface area contributed by atoms with Crippen LogP contribution in [0.1, 0.15) is 12.5 Å². The Kier molecular flexibility index (Phi) is 7.19. The number of non-ortho nitro benzene ring substituents is 1. The van der Waals surface area contributed by atoms with Crippen LogP contribution in [0.5, 0.6) is 11.5 Å². The number of nitrogens with zero attached hydrogens (tertiary/aromatic N) is 2. The van der Waals surface area contributed by atoms with Crippen molar-refractivity contribution in [3.05, 3.63) is 57.1 Å². The van der Waals surface area contributed by atoms with Crippen LogP contribution in [-0.2, 0) is 11.3 Å². The van der Waals surface area contributed by atoms with E-state index >= 15 is 0 Å². The summed E-state index contributed by atoms with van der Waals surface area (Å²) >= 11 is 6.06. The number of nitro groups is 1. The molecule has 0 unspecified atom stereocenters. The minimum atomic E-state index is -0.535. The molecule has 0 radical (unpaired) electrons. The molecule has 0 heterocycles. The highest BCUT2D eigenvalue weighted by Crippen LogP contribution is 2.29. The van der Waals surface area contributed by atoms with Gasteiger partial charge in [-0.05, 0) is 38.2 Å². The van der Waals surface area contributed by atoms with Gasteiger partial charge in [0, 0.05) is 29.3 Å². The predicted molar refractivity (Wildman–Crippen MR) is 107 cm³/mol. The molecule has 8 nitrogen and oxygen atoms in total. The molecule has 2 aromatic carbocycles. The van der Waals surface area contributed by atoms with Gasteiger partial charge in [-0.1, -0.05) is 11.6 Å². The van der Waals surface area contributed by atoms with Crippen molar-refractivity contribution >= 4 is 28.9 Å². The first kappa shape index (κ1) is 21.5. The molecule has 0 aliphatic heterocycles. The molecule has 9 heteroatoms. The first-order valence-corrected chi connectivity index (χ1v) is 8.80. The van der Waals surface area contributed by atoms with Gasteiger partial charge < -0.3 is 14.8 Å². The Balaban J connectivity index is 2.15. The maximum Gasteiger partial charge on any atom is 0.271 e. The Labute approximate surface area is 168 Å². The van der Waals surface area contributed by atoms with Gasteiger partial charge in [-0.3, -0.25) is 19.8 Å². The molecule has 2 rings (SSSR count). The van der Waals surface area contributed by atoms with Crippen molar-refractivity contribution in [2.24, 2.45) is 0 Å². The molecule has 1 amide bonds. The van der Waals surface area contributed by atoms with Gasteiger partial charge in [0.15, 0.2) is 0 Å². The van der Waals surface area contributed by atoms with Crippen molar-refractivity contribution in [3.8, 4) is 11.5 Å². The topological polar surface area (TPSA) is 93.9 Å². The van der Waals surface area contributed by atoms with E-state index in [-0.39, 0.29) is 17.3 Å². The van der Waals surface area contributed by atoms with E-state index in [4.69, 9.17) is 21.1 Å². The highest BCUT2D eigenvalue weighted by Gasteiger charge is 2.22. The second-order valence-electron chi connectivity index (χ2n) is 6.18. The first-order valence-electron chi connectivity index (χ1n) is 8.42. The molecule has 0 aliphatic carbocycles. The predicted octanol–water partition coefficient (Wildman–Crippen LogP) is 3.72. The van der Waals surface area contributed by atoms with Crippen LogP contribution in [0, 0.1) is 10.1 Å². The summed E-state index contributed by atoms with van der Waals surface area (Å²) in [5, 5.41) is 14.3. The first-order chi connectivity index (χ1) is 13.3. The van der Waals surface area contributed by atoms with Gasteiger partial charge in [0.05, 0.1) is 30.9 Å². The average molecular weight is 408 g/mol. The number of hydrogen-bond acceptors (Lipinski definition) is 6.